The molecule has 0 saturated heterocycles. The second-order valence-electron chi connectivity index (χ2n) is 5.18. The lowest BCUT2D eigenvalue weighted by Crippen LogP contribution is -2.30. The number of benzene rings is 1. The molecule has 1 N–H and O–H groups in total. The minimum atomic E-state index is -3.38. The van der Waals surface area contributed by atoms with E-state index in [0.29, 0.717) is 12.0 Å². The molecule has 0 spiro atoms. The third-order valence-electron chi connectivity index (χ3n) is 3.41. The predicted molar refractivity (Wildman–Crippen MR) is 87.1 cm³/mol. The van der Waals surface area contributed by atoms with Gasteiger partial charge in [0.15, 0.2) is 0 Å². The summed E-state index contributed by atoms with van der Waals surface area (Å²) in [5.41, 5.74) is 1.38. The van der Waals surface area contributed by atoms with E-state index in [9.17, 15) is 13.2 Å². The fourth-order valence-electron chi connectivity index (χ4n) is 2.16. The molecule has 118 valence electrons. The lowest BCUT2D eigenvalue weighted by atomic mass is 10.1. The highest BCUT2D eigenvalue weighted by Crippen LogP contribution is 2.04. The lowest BCUT2D eigenvalue weighted by molar-refractivity contribution is 0.578. The van der Waals surface area contributed by atoms with E-state index in [4.69, 9.17) is 0 Å². The van der Waals surface area contributed by atoms with Gasteiger partial charge in [-0.15, -0.1) is 0 Å². The number of nitrogens with one attached hydrogen (secondary N) is 1. The molecule has 0 aliphatic rings. The van der Waals surface area contributed by atoms with Gasteiger partial charge in [0.25, 0.3) is 5.56 Å². The minimum absolute atomic E-state index is 0.0290. The van der Waals surface area contributed by atoms with Crippen LogP contribution in [0.5, 0.6) is 0 Å². The van der Waals surface area contributed by atoms with Crippen LogP contribution in [0.15, 0.2) is 53.5 Å². The van der Waals surface area contributed by atoms with Gasteiger partial charge in [0.1, 0.15) is 0 Å². The molecule has 2 aromatic rings. The number of hydrogen-bond acceptors (Lipinski definition) is 3. The zero-order valence-corrected chi connectivity index (χ0v) is 13.3. The highest BCUT2D eigenvalue weighted by Gasteiger charge is 2.11. The van der Waals surface area contributed by atoms with Gasteiger partial charge in [0.2, 0.25) is 10.0 Å². The first-order valence-electron chi connectivity index (χ1n) is 7.14. The van der Waals surface area contributed by atoms with Crippen LogP contribution in [0, 0.1) is 0 Å². The van der Waals surface area contributed by atoms with Crippen LogP contribution < -0.4 is 10.3 Å². The molecular weight excluding hydrogens is 300 g/mol. The number of hydrogen-bond donors (Lipinski definition) is 1. The zero-order valence-electron chi connectivity index (χ0n) is 12.5. The average Bonchev–Trinajstić information content (AvgIpc) is 2.50. The summed E-state index contributed by atoms with van der Waals surface area (Å²) in [6.07, 6.45) is 2.90. The molecule has 1 aromatic heterocycles. The van der Waals surface area contributed by atoms with Crippen LogP contribution in [0.2, 0.25) is 0 Å². The van der Waals surface area contributed by atoms with E-state index in [1.165, 1.54) is 4.57 Å². The summed E-state index contributed by atoms with van der Waals surface area (Å²) in [5.74, 6) is 0.0506. The monoisotopic (exact) mass is 320 g/mol. The molecule has 22 heavy (non-hydrogen) atoms. The van der Waals surface area contributed by atoms with Crippen LogP contribution in [0.1, 0.15) is 17.5 Å². The molecule has 0 unspecified atom stereocenters. The first-order valence-corrected chi connectivity index (χ1v) is 8.79. The van der Waals surface area contributed by atoms with Crippen molar-refractivity contribution in [3.05, 3.63) is 70.1 Å². The van der Waals surface area contributed by atoms with Crippen molar-refractivity contribution in [3.63, 3.8) is 0 Å². The molecule has 6 heteroatoms. The van der Waals surface area contributed by atoms with Crippen LogP contribution in [-0.4, -0.2) is 18.7 Å². The summed E-state index contributed by atoms with van der Waals surface area (Å²) in [7, 11) is -1.74. The molecule has 5 nitrogen and oxygen atoms in total. The standard InChI is InChI=1S/C16H20N2O3S/c1-18-11-5-10-15(16(18)19)13-17-22(20,21)12-6-9-14-7-3-2-4-8-14/h2-5,7-8,10-11,17H,6,9,12-13H2,1H3. The Morgan fingerprint density at radius 2 is 1.82 bits per heavy atom. The van der Waals surface area contributed by atoms with Crippen molar-refractivity contribution < 1.29 is 8.42 Å². The lowest BCUT2D eigenvalue weighted by Gasteiger charge is -2.07. The Balaban J connectivity index is 1.86. The van der Waals surface area contributed by atoms with E-state index in [2.05, 4.69) is 4.72 Å². The number of aryl methyl sites for hydroxylation is 2. The van der Waals surface area contributed by atoms with Crippen molar-refractivity contribution in [2.75, 3.05) is 5.75 Å². The van der Waals surface area contributed by atoms with Crippen LogP contribution in [0.4, 0.5) is 0 Å². The Bertz CT molecular complexity index is 767. The van der Waals surface area contributed by atoms with Crippen molar-refractivity contribution in [1.82, 2.24) is 9.29 Å². The summed E-state index contributed by atoms with van der Waals surface area (Å²) in [6.45, 7) is 0.0290. The first-order chi connectivity index (χ1) is 10.5. The van der Waals surface area contributed by atoms with Gasteiger partial charge in [-0.05, 0) is 24.5 Å². The predicted octanol–water partition coefficient (Wildman–Crippen LogP) is 1.44. The molecular formula is C16H20N2O3S. The van der Waals surface area contributed by atoms with Gasteiger partial charge < -0.3 is 4.57 Å². The highest BCUT2D eigenvalue weighted by molar-refractivity contribution is 7.89. The number of aromatic nitrogens is 1. The van der Waals surface area contributed by atoms with Gasteiger partial charge in [-0.3, -0.25) is 4.79 Å². The van der Waals surface area contributed by atoms with Gasteiger partial charge in [-0.1, -0.05) is 36.4 Å². The summed E-state index contributed by atoms with van der Waals surface area (Å²) >= 11 is 0. The number of pyridine rings is 1. The molecule has 0 radical (unpaired) electrons. The molecule has 0 bridgehead atoms. The van der Waals surface area contributed by atoms with E-state index in [1.807, 2.05) is 30.3 Å². The number of nitrogens with zero attached hydrogens (tertiary/aromatic N) is 1. The molecule has 0 fully saturated rings. The Morgan fingerprint density at radius 1 is 1.09 bits per heavy atom. The van der Waals surface area contributed by atoms with E-state index < -0.39 is 10.0 Å². The van der Waals surface area contributed by atoms with Gasteiger partial charge >= 0.3 is 0 Å². The molecule has 0 saturated carbocycles. The molecule has 0 aliphatic carbocycles. The maximum absolute atomic E-state index is 12.0. The fourth-order valence-corrected chi connectivity index (χ4v) is 3.20. The van der Waals surface area contributed by atoms with E-state index >= 15 is 0 Å². The third-order valence-corrected chi connectivity index (χ3v) is 4.82. The second kappa shape index (κ2) is 7.38. The topological polar surface area (TPSA) is 68.2 Å². The fraction of sp³-hybridized carbons (Fsp3) is 0.312. The van der Waals surface area contributed by atoms with Gasteiger partial charge in [0, 0.05) is 25.4 Å². The van der Waals surface area contributed by atoms with E-state index in [1.54, 1.807) is 25.4 Å². The van der Waals surface area contributed by atoms with Crippen LogP contribution in [-0.2, 0) is 30.0 Å². The largest absolute Gasteiger partial charge is 0.318 e. The number of sulfonamides is 1. The summed E-state index contributed by atoms with van der Waals surface area (Å²) < 4.78 is 27.9. The van der Waals surface area contributed by atoms with Crippen LogP contribution in [0.3, 0.4) is 0 Å². The van der Waals surface area contributed by atoms with Crippen LogP contribution >= 0.6 is 0 Å². The summed E-state index contributed by atoms with van der Waals surface area (Å²) in [4.78, 5) is 11.8. The maximum Gasteiger partial charge on any atom is 0.254 e. The van der Waals surface area contributed by atoms with Crippen molar-refractivity contribution in [2.24, 2.45) is 7.05 Å². The molecule has 0 atom stereocenters. The summed E-state index contributed by atoms with van der Waals surface area (Å²) in [5, 5.41) is 0. The summed E-state index contributed by atoms with van der Waals surface area (Å²) in [6, 6.07) is 13.1. The second-order valence-corrected chi connectivity index (χ2v) is 7.11. The van der Waals surface area contributed by atoms with Crippen molar-refractivity contribution in [2.45, 2.75) is 19.4 Å². The Labute approximate surface area is 130 Å². The quantitative estimate of drug-likeness (QED) is 0.839. The normalized spacial score (nSPS) is 11.5. The Kier molecular flexibility index (Phi) is 5.51. The minimum Gasteiger partial charge on any atom is -0.318 e. The van der Waals surface area contributed by atoms with Crippen molar-refractivity contribution >= 4 is 10.0 Å². The van der Waals surface area contributed by atoms with Crippen LogP contribution in [0.25, 0.3) is 0 Å². The Hall–Kier alpha value is -1.92. The van der Waals surface area contributed by atoms with Gasteiger partial charge in [-0.25, -0.2) is 13.1 Å². The van der Waals surface area contributed by atoms with E-state index in [-0.39, 0.29) is 17.9 Å². The first kappa shape index (κ1) is 16.5. The average molecular weight is 320 g/mol. The molecule has 0 amide bonds. The zero-order chi connectivity index (χ0) is 16.0. The van der Waals surface area contributed by atoms with E-state index in [0.717, 1.165) is 12.0 Å². The molecule has 0 aliphatic heterocycles. The maximum atomic E-state index is 12.0. The third kappa shape index (κ3) is 4.82. The number of rotatable bonds is 7. The highest BCUT2D eigenvalue weighted by atomic mass is 32.2. The van der Waals surface area contributed by atoms with Crippen molar-refractivity contribution in [3.8, 4) is 0 Å². The SMILES string of the molecule is Cn1cccc(CNS(=O)(=O)CCCc2ccccc2)c1=O. The molecule has 2 rings (SSSR count). The van der Waals surface area contributed by atoms with Gasteiger partial charge in [0.05, 0.1) is 5.75 Å². The van der Waals surface area contributed by atoms with Gasteiger partial charge in [-0.2, -0.15) is 0 Å². The molecule has 1 aromatic carbocycles. The molecule has 1 heterocycles. The Morgan fingerprint density at radius 3 is 2.55 bits per heavy atom. The van der Waals surface area contributed by atoms with Crippen molar-refractivity contribution in [1.29, 1.82) is 0 Å². The smallest absolute Gasteiger partial charge is 0.254 e.